The summed E-state index contributed by atoms with van der Waals surface area (Å²) in [6, 6.07) is 19.0. The lowest BCUT2D eigenvalue weighted by Crippen LogP contribution is -2.57. The van der Waals surface area contributed by atoms with Gasteiger partial charge in [-0.2, -0.15) is 0 Å². The molecule has 0 saturated carbocycles. The van der Waals surface area contributed by atoms with Crippen molar-refractivity contribution in [2.24, 2.45) is 0 Å². The van der Waals surface area contributed by atoms with Crippen molar-refractivity contribution < 1.29 is 9.90 Å². The van der Waals surface area contributed by atoms with Crippen LogP contribution < -0.4 is 10.4 Å². The molecule has 3 heterocycles. The molecule has 7 heteroatoms. The lowest BCUT2D eigenvalue weighted by atomic mass is 9.89. The molecule has 0 spiro atoms. The molecule has 1 aromatic heterocycles. The SMILES string of the molecule is Cc1c2n(ccc1=O)N(C1C3=C(C=CCC3)SCc3ccccc31)CN([C@H](CO)c1ccccc1)C2=O. The van der Waals surface area contributed by atoms with Gasteiger partial charge in [0.1, 0.15) is 12.4 Å². The molecule has 2 atom stereocenters. The molecule has 6 rings (SSSR count). The summed E-state index contributed by atoms with van der Waals surface area (Å²) in [7, 11) is 0. The predicted octanol–water partition coefficient (Wildman–Crippen LogP) is 4.83. The Morgan fingerprint density at radius 1 is 1.05 bits per heavy atom. The number of aliphatic hydroxyl groups is 1. The van der Waals surface area contributed by atoms with Crippen LogP contribution in [0, 0.1) is 6.92 Å². The van der Waals surface area contributed by atoms with Gasteiger partial charge < -0.3 is 10.0 Å². The Balaban J connectivity index is 1.57. The average Bonchev–Trinajstić information content (AvgIpc) is 3.10. The van der Waals surface area contributed by atoms with Gasteiger partial charge in [-0.15, -0.1) is 11.8 Å². The molecule has 6 nitrogen and oxygen atoms in total. The highest BCUT2D eigenvalue weighted by atomic mass is 32.2. The van der Waals surface area contributed by atoms with Crippen LogP contribution in [0.1, 0.15) is 57.7 Å². The lowest BCUT2D eigenvalue weighted by Gasteiger charge is -2.47. The van der Waals surface area contributed by atoms with Gasteiger partial charge in [-0.05, 0) is 42.0 Å². The number of carbonyl (C=O) groups is 1. The first kappa shape index (κ1) is 23.8. The Labute approximate surface area is 220 Å². The standard InChI is InChI=1S/C30H29N3O3S/c1-20-26(35)15-16-32-28(20)30(36)31(25(17-34)21-9-3-2-4-10-21)19-33(32)29-23-12-6-5-11-22(23)18-37-27-14-8-7-13-24(27)29/h2-6,8-12,14-16,25,29,34H,7,13,17-19H2,1H3/t25-,29?/m1/s1. The minimum absolute atomic E-state index is 0.113. The summed E-state index contributed by atoms with van der Waals surface area (Å²) in [4.78, 5) is 29.7. The second-order valence-electron chi connectivity index (χ2n) is 9.68. The largest absolute Gasteiger partial charge is 0.394 e. The van der Waals surface area contributed by atoms with Crippen molar-refractivity contribution in [3.05, 3.63) is 128 Å². The molecular weight excluding hydrogens is 482 g/mol. The van der Waals surface area contributed by atoms with Gasteiger partial charge in [0.25, 0.3) is 5.91 Å². The van der Waals surface area contributed by atoms with Crippen molar-refractivity contribution in [2.75, 3.05) is 18.3 Å². The summed E-state index contributed by atoms with van der Waals surface area (Å²) in [6.45, 7) is 1.78. The molecule has 37 heavy (non-hydrogen) atoms. The number of hydrogen-bond donors (Lipinski definition) is 1. The second-order valence-corrected chi connectivity index (χ2v) is 10.7. The van der Waals surface area contributed by atoms with Gasteiger partial charge in [0.05, 0.1) is 18.7 Å². The maximum atomic E-state index is 14.0. The van der Waals surface area contributed by atoms with Crippen LogP contribution in [0.25, 0.3) is 0 Å². The summed E-state index contributed by atoms with van der Waals surface area (Å²) in [5.41, 5.74) is 5.28. The summed E-state index contributed by atoms with van der Waals surface area (Å²) >= 11 is 1.86. The van der Waals surface area contributed by atoms with E-state index in [1.54, 1.807) is 24.1 Å². The number of allylic oxidation sites excluding steroid dienone is 2. The van der Waals surface area contributed by atoms with Gasteiger partial charge in [-0.25, -0.2) is 0 Å². The number of aromatic nitrogens is 1. The van der Waals surface area contributed by atoms with Gasteiger partial charge in [0.15, 0.2) is 5.43 Å². The van der Waals surface area contributed by atoms with Crippen LogP contribution in [-0.4, -0.2) is 33.9 Å². The second kappa shape index (κ2) is 9.72. The van der Waals surface area contributed by atoms with E-state index in [4.69, 9.17) is 0 Å². The zero-order valence-corrected chi connectivity index (χ0v) is 21.5. The van der Waals surface area contributed by atoms with Crippen LogP contribution in [0.2, 0.25) is 0 Å². The third-order valence-corrected chi connectivity index (χ3v) is 8.78. The molecule has 188 valence electrons. The zero-order valence-electron chi connectivity index (χ0n) is 20.7. The third kappa shape index (κ3) is 4.03. The average molecular weight is 512 g/mol. The van der Waals surface area contributed by atoms with E-state index >= 15 is 0 Å². The fourth-order valence-corrected chi connectivity index (χ4v) is 6.88. The number of nitrogens with zero attached hydrogens (tertiary/aromatic N) is 3. The highest BCUT2D eigenvalue weighted by molar-refractivity contribution is 8.02. The molecular formula is C30H29N3O3S. The van der Waals surface area contributed by atoms with E-state index < -0.39 is 6.04 Å². The number of carbonyl (C=O) groups excluding carboxylic acids is 1. The van der Waals surface area contributed by atoms with Gasteiger partial charge >= 0.3 is 0 Å². The van der Waals surface area contributed by atoms with Crippen LogP contribution >= 0.6 is 11.8 Å². The van der Waals surface area contributed by atoms with Gasteiger partial charge in [-0.1, -0.05) is 66.7 Å². The first-order chi connectivity index (χ1) is 18.1. The number of fused-ring (bicyclic) bond motifs is 2. The van der Waals surface area contributed by atoms with Gasteiger partial charge in [0.2, 0.25) is 0 Å². The fourth-order valence-electron chi connectivity index (χ4n) is 5.72. The first-order valence-corrected chi connectivity index (χ1v) is 13.6. The maximum absolute atomic E-state index is 14.0. The number of benzene rings is 2. The lowest BCUT2D eigenvalue weighted by molar-refractivity contribution is 0.0497. The molecule has 2 aromatic carbocycles. The molecule has 1 unspecified atom stereocenters. The fraction of sp³-hybridized carbons (Fsp3) is 0.267. The molecule has 1 amide bonds. The van der Waals surface area contributed by atoms with E-state index in [9.17, 15) is 14.7 Å². The molecule has 1 N–H and O–H groups in total. The number of amides is 1. The molecule has 0 saturated heterocycles. The number of pyridine rings is 1. The maximum Gasteiger partial charge on any atom is 0.274 e. The van der Waals surface area contributed by atoms with Crippen LogP contribution in [0.3, 0.4) is 0 Å². The Morgan fingerprint density at radius 3 is 2.65 bits per heavy atom. The number of rotatable bonds is 4. The Morgan fingerprint density at radius 2 is 1.84 bits per heavy atom. The monoisotopic (exact) mass is 511 g/mol. The molecule has 3 aromatic rings. The van der Waals surface area contributed by atoms with Crippen molar-refractivity contribution in [3.8, 4) is 0 Å². The van der Waals surface area contributed by atoms with E-state index in [1.807, 2.05) is 46.8 Å². The van der Waals surface area contributed by atoms with Crippen LogP contribution in [0.4, 0.5) is 0 Å². The number of thioether (sulfide) groups is 1. The molecule has 1 aliphatic carbocycles. The van der Waals surface area contributed by atoms with Crippen molar-refractivity contribution >= 4 is 17.7 Å². The number of aliphatic hydroxyl groups excluding tert-OH is 1. The van der Waals surface area contributed by atoms with E-state index in [2.05, 4.69) is 41.4 Å². The van der Waals surface area contributed by atoms with E-state index in [-0.39, 0.29) is 30.7 Å². The van der Waals surface area contributed by atoms with Crippen molar-refractivity contribution in [2.45, 2.75) is 37.6 Å². The molecule has 0 radical (unpaired) electrons. The smallest absolute Gasteiger partial charge is 0.274 e. The van der Waals surface area contributed by atoms with Gasteiger partial charge in [0, 0.05) is 28.5 Å². The number of hydrogen-bond acceptors (Lipinski definition) is 5. The predicted molar refractivity (Wildman–Crippen MR) is 147 cm³/mol. The van der Waals surface area contributed by atoms with Crippen LogP contribution in [0.15, 0.2) is 94.3 Å². The van der Waals surface area contributed by atoms with Gasteiger partial charge in [-0.3, -0.25) is 19.3 Å². The summed E-state index contributed by atoms with van der Waals surface area (Å²) < 4.78 is 1.88. The van der Waals surface area contributed by atoms with Crippen molar-refractivity contribution in [1.29, 1.82) is 0 Å². The van der Waals surface area contributed by atoms with E-state index in [0.29, 0.717) is 11.3 Å². The van der Waals surface area contributed by atoms with Crippen LogP contribution in [0.5, 0.6) is 0 Å². The molecule has 3 aliphatic rings. The first-order valence-electron chi connectivity index (χ1n) is 12.6. The quantitative estimate of drug-likeness (QED) is 0.543. The Hall–Kier alpha value is -3.55. The van der Waals surface area contributed by atoms with E-state index in [0.717, 1.165) is 24.2 Å². The summed E-state index contributed by atoms with van der Waals surface area (Å²) in [5, 5.41) is 12.7. The van der Waals surface area contributed by atoms with Crippen molar-refractivity contribution in [1.82, 2.24) is 9.58 Å². The summed E-state index contributed by atoms with van der Waals surface area (Å²) in [5.74, 6) is 0.634. The minimum atomic E-state index is -0.533. The molecule has 0 bridgehead atoms. The minimum Gasteiger partial charge on any atom is -0.394 e. The van der Waals surface area contributed by atoms with Crippen LogP contribution in [-0.2, 0) is 5.75 Å². The van der Waals surface area contributed by atoms with Crippen molar-refractivity contribution in [3.63, 3.8) is 0 Å². The topological polar surface area (TPSA) is 65.8 Å². The zero-order chi connectivity index (χ0) is 25.5. The Bertz CT molecular complexity index is 1480. The Kier molecular flexibility index (Phi) is 6.26. The normalized spacial score (nSPS) is 19.7. The highest BCUT2D eigenvalue weighted by Crippen LogP contribution is 2.45. The highest BCUT2D eigenvalue weighted by Gasteiger charge is 2.40. The third-order valence-electron chi connectivity index (χ3n) is 7.62. The summed E-state index contributed by atoms with van der Waals surface area (Å²) in [6.07, 6.45) is 8.09. The molecule has 0 fully saturated rings. The molecule has 2 aliphatic heterocycles. The van der Waals surface area contributed by atoms with E-state index in [1.165, 1.54) is 21.6 Å².